The fourth-order valence-corrected chi connectivity index (χ4v) is 4.31. The molecule has 172 valence electrons. The number of benzene rings is 2. The SMILES string of the molecule is COc1cccc(CNC(=O)C2CCc3nc(-c4ccccc4)nc(OC)c3CC2)c1OC. The average Bonchev–Trinajstić information content (AvgIpc) is 3.09. The van der Waals surface area contributed by atoms with Crippen LogP contribution in [0.3, 0.4) is 0 Å². The van der Waals surface area contributed by atoms with E-state index >= 15 is 0 Å². The van der Waals surface area contributed by atoms with E-state index in [1.165, 1.54) is 0 Å². The van der Waals surface area contributed by atoms with Gasteiger partial charge >= 0.3 is 0 Å². The second kappa shape index (κ2) is 10.3. The third-order valence-corrected chi connectivity index (χ3v) is 6.06. The van der Waals surface area contributed by atoms with Gasteiger partial charge in [0.05, 0.1) is 27.0 Å². The quantitative estimate of drug-likeness (QED) is 0.552. The van der Waals surface area contributed by atoms with Gasteiger partial charge < -0.3 is 19.5 Å². The summed E-state index contributed by atoms with van der Waals surface area (Å²) in [5.74, 6) is 2.46. The zero-order chi connectivity index (χ0) is 23.2. The minimum Gasteiger partial charge on any atom is -0.493 e. The lowest BCUT2D eigenvalue weighted by Gasteiger charge is -2.16. The van der Waals surface area contributed by atoms with Gasteiger partial charge in [0.2, 0.25) is 11.8 Å². The first-order valence-electron chi connectivity index (χ1n) is 11.1. The molecular formula is C26H29N3O4. The van der Waals surface area contributed by atoms with Crippen LogP contribution in [0.25, 0.3) is 11.4 Å². The van der Waals surface area contributed by atoms with Crippen LogP contribution in [-0.2, 0) is 24.2 Å². The van der Waals surface area contributed by atoms with Crippen molar-refractivity contribution in [3.05, 3.63) is 65.4 Å². The van der Waals surface area contributed by atoms with Gasteiger partial charge in [-0.1, -0.05) is 42.5 Å². The van der Waals surface area contributed by atoms with Crippen molar-refractivity contribution in [1.29, 1.82) is 0 Å². The van der Waals surface area contributed by atoms with Crippen molar-refractivity contribution >= 4 is 5.91 Å². The Morgan fingerprint density at radius 2 is 1.73 bits per heavy atom. The normalized spacial score (nSPS) is 15.2. The first-order valence-corrected chi connectivity index (χ1v) is 11.1. The molecule has 33 heavy (non-hydrogen) atoms. The maximum atomic E-state index is 13.0. The predicted octanol–water partition coefficient (Wildman–Crippen LogP) is 3.98. The lowest BCUT2D eigenvalue weighted by molar-refractivity contribution is -0.125. The van der Waals surface area contributed by atoms with Gasteiger partial charge in [0.25, 0.3) is 0 Å². The van der Waals surface area contributed by atoms with E-state index in [0.29, 0.717) is 42.6 Å². The summed E-state index contributed by atoms with van der Waals surface area (Å²) in [7, 11) is 4.83. The molecule has 4 rings (SSSR count). The number of nitrogens with zero attached hydrogens (tertiary/aromatic N) is 2. The highest BCUT2D eigenvalue weighted by Crippen LogP contribution is 2.32. The van der Waals surface area contributed by atoms with Gasteiger partial charge in [-0.2, -0.15) is 4.98 Å². The summed E-state index contributed by atoms with van der Waals surface area (Å²) in [5, 5.41) is 3.07. The molecule has 1 N–H and O–H groups in total. The number of methoxy groups -OCH3 is 3. The van der Waals surface area contributed by atoms with Crippen LogP contribution in [-0.4, -0.2) is 37.2 Å². The second-order valence-electron chi connectivity index (χ2n) is 7.99. The largest absolute Gasteiger partial charge is 0.493 e. The lowest BCUT2D eigenvalue weighted by atomic mass is 9.98. The van der Waals surface area contributed by atoms with Gasteiger partial charge in [0.1, 0.15) is 0 Å². The minimum absolute atomic E-state index is 0.0305. The molecular weight excluding hydrogens is 418 g/mol. The van der Waals surface area contributed by atoms with Gasteiger partial charge in [0.15, 0.2) is 17.3 Å². The molecule has 1 heterocycles. The smallest absolute Gasteiger partial charge is 0.223 e. The number of fused-ring (bicyclic) bond motifs is 1. The Morgan fingerprint density at radius 3 is 2.45 bits per heavy atom. The Morgan fingerprint density at radius 1 is 0.939 bits per heavy atom. The number of aryl methyl sites for hydroxylation is 1. The first-order chi connectivity index (χ1) is 16.1. The van der Waals surface area contributed by atoms with Gasteiger partial charge in [-0.15, -0.1) is 0 Å². The summed E-state index contributed by atoms with van der Waals surface area (Å²) in [4.78, 5) is 22.5. The Labute approximate surface area is 194 Å². The van der Waals surface area contributed by atoms with Crippen LogP contribution in [0.15, 0.2) is 48.5 Å². The van der Waals surface area contributed by atoms with Crippen LogP contribution in [0, 0.1) is 5.92 Å². The minimum atomic E-state index is -0.110. The molecule has 1 aliphatic rings. The van der Waals surface area contributed by atoms with Crippen molar-refractivity contribution in [3.63, 3.8) is 0 Å². The van der Waals surface area contributed by atoms with E-state index in [9.17, 15) is 4.79 Å². The summed E-state index contributed by atoms with van der Waals surface area (Å²) in [6, 6.07) is 15.5. The number of hydrogen-bond donors (Lipinski definition) is 1. The predicted molar refractivity (Wildman–Crippen MR) is 126 cm³/mol. The Bertz CT molecular complexity index is 1120. The summed E-state index contributed by atoms with van der Waals surface area (Å²) in [6.07, 6.45) is 2.85. The number of amides is 1. The fraction of sp³-hybridized carbons (Fsp3) is 0.346. The van der Waals surface area contributed by atoms with Crippen molar-refractivity contribution in [3.8, 4) is 28.8 Å². The number of carbonyl (C=O) groups is 1. The first kappa shape index (κ1) is 22.6. The summed E-state index contributed by atoms with van der Waals surface area (Å²) in [6.45, 7) is 0.379. The molecule has 2 aromatic carbocycles. The molecule has 1 amide bonds. The molecule has 7 nitrogen and oxygen atoms in total. The van der Waals surface area contributed by atoms with Crippen LogP contribution in [0.4, 0.5) is 0 Å². The van der Waals surface area contributed by atoms with Crippen molar-refractivity contribution in [2.24, 2.45) is 5.92 Å². The van der Waals surface area contributed by atoms with Gasteiger partial charge in [-0.25, -0.2) is 4.98 Å². The number of carbonyl (C=O) groups excluding carboxylic acids is 1. The van der Waals surface area contributed by atoms with E-state index in [2.05, 4.69) is 10.3 Å². The molecule has 0 aliphatic heterocycles. The maximum Gasteiger partial charge on any atom is 0.223 e. The molecule has 0 saturated carbocycles. The number of para-hydroxylation sites is 1. The molecule has 1 aliphatic carbocycles. The van der Waals surface area contributed by atoms with Crippen LogP contribution in [0.2, 0.25) is 0 Å². The third-order valence-electron chi connectivity index (χ3n) is 6.06. The number of aromatic nitrogens is 2. The van der Waals surface area contributed by atoms with Crippen molar-refractivity contribution < 1.29 is 19.0 Å². The molecule has 7 heteroatoms. The van der Waals surface area contributed by atoms with Crippen molar-refractivity contribution in [2.45, 2.75) is 32.2 Å². The van der Waals surface area contributed by atoms with Crippen LogP contribution in [0.1, 0.15) is 29.7 Å². The molecule has 1 unspecified atom stereocenters. The molecule has 1 aromatic heterocycles. The Kier molecular flexibility index (Phi) is 7.07. The number of hydrogen-bond acceptors (Lipinski definition) is 6. The molecule has 3 aromatic rings. The zero-order valence-electron chi connectivity index (χ0n) is 19.3. The average molecular weight is 448 g/mol. The summed E-state index contributed by atoms with van der Waals surface area (Å²) in [5.41, 5.74) is 3.79. The van der Waals surface area contributed by atoms with Crippen LogP contribution < -0.4 is 19.5 Å². The van der Waals surface area contributed by atoms with E-state index in [-0.39, 0.29) is 11.8 Å². The zero-order valence-corrected chi connectivity index (χ0v) is 19.3. The molecule has 0 bridgehead atoms. The fourth-order valence-electron chi connectivity index (χ4n) is 4.31. The van der Waals surface area contributed by atoms with E-state index in [1.54, 1.807) is 21.3 Å². The highest BCUT2D eigenvalue weighted by molar-refractivity contribution is 5.79. The Balaban J connectivity index is 1.47. The van der Waals surface area contributed by atoms with Gasteiger partial charge in [0, 0.05) is 29.2 Å². The van der Waals surface area contributed by atoms with Gasteiger partial charge in [-0.05, 0) is 31.7 Å². The highest BCUT2D eigenvalue weighted by Gasteiger charge is 2.26. The van der Waals surface area contributed by atoms with E-state index in [1.807, 2.05) is 48.5 Å². The number of nitrogens with one attached hydrogen (secondary N) is 1. The molecule has 0 radical (unpaired) electrons. The van der Waals surface area contributed by atoms with E-state index < -0.39 is 0 Å². The number of rotatable bonds is 7. The second-order valence-corrected chi connectivity index (χ2v) is 7.99. The van der Waals surface area contributed by atoms with E-state index in [0.717, 1.165) is 35.2 Å². The molecule has 0 fully saturated rings. The third kappa shape index (κ3) is 4.92. The highest BCUT2D eigenvalue weighted by atomic mass is 16.5. The number of ether oxygens (including phenoxy) is 3. The van der Waals surface area contributed by atoms with Gasteiger partial charge in [-0.3, -0.25) is 4.79 Å². The lowest BCUT2D eigenvalue weighted by Crippen LogP contribution is -2.30. The van der Waals surface area contributed by atoms with Crippen molar-refractivity contribution in [1.82, 2.24) is 15.3 Å². The maximum absolute atomic E-state index is 13.0. The molecule has 0 saturated heterocycles. The van der Waals surface area contributed by atoms with E-state index in [4.69, 9.17) is 19.2 Å². The standard InChI is InChI=1S/C26H29N3O4/c1-31-22-11-7-10-19(23(22)32-2)16-27-25(30)18-12-14-20-21(15-13-18)28-24(29-26(20)33-3)17-8-5-4-6-9-17/h4-11,18H,12-16H2,1-3H3,(H,27,30). The molecule has 0 spiro atoms. The summed E-state index contributed by atoms with van der Waals surface area (Å²) < 4.78 is 16.4. The molecule has 1 atom stereocenters. The monoisotopic (exact) mass is 447 g/mol. The topological polar surface area (TPSA) is 82.6 Å². The van der Waals surface area contributed by atoms with Crippen molar-refractivity contribution in [2.75, 3.05) is 21.3 Å². The Hall–Kier alpha value is -3.61. The van der Waals surface area contributed by atoms with Crippen LogP contribution >= 0.6 is 0 Å². The van der Waals surface area contributed by atoms with Crippen LogP contribution in [0.5, 0.6) is 17.4 Å². The summed E-state index contributed by atoms with van der Waals surface area (Å²) >= 11 is 0.